The molecule has 6 nitrogen and oxygen atoms in total. The SMILES string of the molecule is C/C=C\O[C@H]1[C@H]([C@@H]2COC(C)(C)O2)O[C@H]2OC(C)(C)O[C@@H]21. The molecule has 0 radical (unpaired) electrons. The summed E-state index contributed by atoms with van der Waals surface area (Å²) in [5, 5.41) is 0. The molecule has 0 saturated carbocycles. The molecule has 0 aromatic carbocycles. The Morgan fingerprint density at radius 1 is 1.00 bits per heavy atom. The van der Waals surface area contributed by atoms with E-state index in [9.17, 15) is 0 Å². The molecule has 3 aliphatic heterocycles. The van der Waals surface area contributed by atoms with Crippen molar-refractivity contribution in [2.24, 2.45) is 0 Å². The highest BCUT2D eigenvalue weighted by atomic mass is 16.8. The summed E-state index contributed by atoms with van der Waals surface area (Å²) in [5.74, 6) is -1.26. The normalized spacial score (nSPS) is 44.3. The summed E-state index contributed by atoms with van der Waals surface area (Å²) in [6, 6.07) is 0. The lowest BCUT2D eigenvalue weighted by atomic mass is 10.1. The first-order valence-electron chi connectivity index (χ1n) is 7.41. The van der Waals surface area contributed by atoms with Gasteiger partial charge in [0.25, 0.3) is 0 Å². The average Bonchev–Trinajstić information content (AvgIpc) is 2.96. The molecule has 0 unspecified atom stereocenters. The van der Waals surface area contributed by atoms with E-state index >= 15 is 0 Å². The van der Waals surface area contributed by atoms with Crippen molar-refractivity contribution in [1.82, 2.24) is 0 Å². The van der Waals surface area contributed by atoms with E-state index < -0.39 is 17.9 Å². The molecule has 0 amide bonds. The fourth-order valence-electron chi connectivity index (χ4n) is 3.00. The lowest BCUT2D eigenvalue weighted by molar-refractivity contribution is -0.232. The standard InChI is InChI=1S/C15H24O6/c1-6-7-16-11-10(9-8-17-14(2,3)19-9)18-13-12(11)20-15(4,5)21-13/h6-7,9-13H,8H2,1-5H3/b7-6-/t9-,10-,11-,12+,13-/m0/s1. The smallest absolute Gasteiger partial charge is 0.191 e. The number of rotatable bonds is 3. The van der Waals surface area contributed by atoms with Crippen LogP contribution >= 0.6 is 0 Å². The molecular weight excluding hydrogens is 276 g/mol. The topological polar surface area (TPSA) is 55.4 Å². The number of hydrogen-bond donors (Lipinski definition) is 0. The molecular formula is C15H24O6. The molecule has 0 spiro atoms. The van der Waals surface area contributed by atoms with E-state index in [4.69, 9.17) is 28.4 Å². The number of allylic oxidation sites excluding steroid dienone is 1. The Hall–Kier alpha value is -0.660. The van der Waals surface area contributed by atoms with E-state index in [1.165, 1.54) is 0 Å². The Morgan fingerprint density at radius 3 is 2.38 bits per heavy atom. The molecule has 0 aromatic heterocycles. The van der Waals surface area contributed by atoms with Gasteiger partial charge in [-0.1, -0.05) is 6.08 Å². The van der Waals surface area contributed by atoms with Crippen LogP contribution in [0.5, 0.6) is 0 Å². The van der Waals surface area contributed by atoms with Crippen LogP contribution in [0.4, 0.5) is 0 Å². The lowest BCUT2D eigenvalue weighted by Crippen LogP contribution is -2.43. The van der Waals surface area contributed by atoms with Gasteiger partial charge in [-0.15, -0.1) is 0 Å². The maximum absolute atomic E-state index is 6.00. The number of fused-ring (bicyclic) bond motifs is 1. The van der Waals surface area contributed by atoms with Crippen LogP contribution in [0.15, 0.2) is 12.3 Å². The van der Waals surface area contributed by atoms with Crippen LogP contribution in [-0.2, 0) is 28.4 Å². The molecule has 0 bridgehead atoms. The summed E-state index contributed by atoms with van der Waals surface area (Å²) in [6.07, 6.45) is 2.02. The van der Waals surface area contributed by atoms with E-state index in [-0.39, 0.29) is 24.4 Å². The maximum atomic E-state index is 6.00. The van der Waals surface area contributed by atoms with Crippen LogP contribution in [-0.4, -0.2) is 48.9 Å². The predicted molar refractivity (Wildman–Crippen MR) is 73.3 cm³/mol. The molecule has 3 saturated heterocycles. The Kier molecular flexibility index (Phi) is 3.78. The minimum Gasteiger partial charge on any atom is -0.493 e. The molecule has 6 heteroatoms. The van der Waals surface area contributed by atoms with E-state index in [1.54, 1.807) is 6.26 Å². The van der Waals surface area contributed by atoms with Gasteiger partial charge in [0.05, 0.1) is 12.9 Å². The third kappa shape index (κ3) is 2.96. The van der Waals surface area contributed by atoms with Crippen LogP contribution in [0.25, 0.3) is 0 Å². The van der Waals surface area contributed by atoms with Crippen molar-refractivity contribution in [2.75, 3.05) is 6.61 Å². The van der Waals surface area contributed by atoms with Gasteiger partial charge in [-0.05, 0) is 34.6 Å². The first kappa shape index (κ1) is 15.2. The Balaban J connectivity index is 1.75. The van der Waals surface area contributed by atoms with Gasteiger partial charge in [0, 0.05) is 0 Å². The van der Waals surface area contributed by atoms with Crippen LogP contribution in [0.2, 0.25) is 0 Å². The summed E-state index contributed by atoms with van der Waals surface area (Å²) in [5.41, 5.74) is 0. The maximum Gasteiger partial charge on any atom is 0.191 e. The van der Waals surface area contributed by atoms with Crippen molar-refractivity contribution >= 4 is 0 Å². The number of hydrogen-bond acceptors (Lipinski definition) is 6. The van der Waals surface area contributed by atoms with Gasteiger partial charge >= 0.3 is 0 Å². The molecule has 3 heterocycles. The Labute approximate surface area is 125 Å². The first-order chi connectivity index (χ1) is 9.81. The summed E-state index contributed by atoms with van der Waals surface area (Å²) in [7, 11) is 0. The van der Waals surface area contributed by atoms with Crippen LogP contribution in [0, 0.1) is 0 Å². The van der Waals surface area contributed by atoms with Gasteiger partial charge in [-0.2, -0.15) is 0 Å². The monoisotopic (exact) mass is 300 g/mol. The number of ether oxygens (including phenoxy) is 6. The minimum absolute atomic E-state index is 0.198. The Bertz CT molecular complexity index is 418. The van der Waals surface area contributed by atoms with Crippen molar-refractivity contribution in [3.63, 3.8) is 0 Å². The van der Waals surface area contributed by atoms with Crippen molar-refractivity contribution in [1.29, 1.82) is 0 Å². The van der Waals surface area contributed by atoms with Crippen molar-refractivity contribution < 1.29 is 28.4 Å². The van der Waals surface area contributed by atoms with Crippen LogP contribution in [0.1, 0.15) is 34.6 Å². The summed E-state index contributed by atoms with van der Waals surface area (Å²) < 4.78 is 35.0. The van der Waals surface area contributed by atoms with Gasteiger partial charge in [-0.3, -0.25) is 0 Å². The second kappa shape index (κ2) is 5.21. The third-order valence-corrected chi connectivity index (χ3v) is 3.80. The zero-order valence-electron chi connectivity index (χ0n) is 13.2. The zero-order valence-corrected chi connectivity index (χ0v) is 13.2. The van der Waals surface area contributed by atoms with Crippen LogP contribution < -0.4 is 0 Å². The first-order valence-corrected chi connectivity index (χ1v) is 7.41. The molecule has 3 aliphatic rings. The van der Waals surface area contributed by atoms with E-state index in [0.29, 0.717) is 6.61 Å². The largest absolute Gasteiger partial charge is 0.493 e. The van der Waals surface area contributed by atoms with Gasteiger partial charge in [0.2, 0.25) is 0 Å². The second-order valence-corrected chi connectivity index (χ2v) is 6.51. The fraction of sp³-hybridized carbons (Fsp3) is 0.867. The molecule has 3 fully saturated rings. The van der Waals surface area contributed by atoms with E-state index in [1.807, 2.05) is 40.7 Å². The molecule has 0 aromatic rings. The summed E-state index contributed by atoms with van der Waals surface area (Å²) >= 11 is 0. The molecule has 5 atom stereocenters. The van der Waals surface area contributed by atoms with Crippen molar-refractivity contribution in [3.05, 3.63) is 12.3 Å². The highest BCUT2D eigenvalue weighted by molar-refractivity contribution is 4.99. The molecule has 0 aliphatic carbocycles. The Morgan fingerprint density at radius 2 is 1.76 bits per heavy atom. The van der Waals surface area contributed by atoms with Gasteiger partial charge in [0.1, 0.15) is 12.2 Å². The average molecular weight is 300 g/mol. The van der Waals surface area contributed by atoms with Gasteiger partial charge in [0.15, 0.2) is 30.1 Å². The predicted octanol–water partition coefficient (Wildman–Crippen LogP) is 1.93. The quantitative estimate of drug-likeness (QED) is 0.742. The van der Waals surface area contributed by atoms with Crippen molar-refractivity contribution in [2.45, 2.75) is 76.9 Å². The molecule has 0 N–H and O–H groups in total. The molecule has 3 rings (SSSR count). The summed E-state index contributed by atoms with van der Waals surface area (Å²) in [4.78, 5) is 0. The van der Waals surface area contributed by atoms with E-state index in [2.05, 4.69) is 0 Å². The fourth-order valence-corrected chi connectivity index (χ4v) is 3.00. The minimum atomic E-state index is -0.663. The second-order valence-electron chi connectivity index (χ2n) is 6.51. The lowest BCUT2D eigenvalue weighted by Gasteiger charge is -2.28. The zero-order chi connectivity index (χ0) is 15.3. The molecule has 120 valence electrons. The van der Waals surface area contributed by atoms with Gasteiger partial charge < -0.3 is 28.4 Å². The molecule has 21 heavy (non-hydrogen) atoms. The highest BCUT2D eigenvalue weighted by Crippen LogP contribution is 2.41. The van der Waals surface area contributed by atoms with Gasteiger partial charge in [-0.25, -0.2) is 0 Å². The van der Waals surface area contributed by atoms with E-state index in [0.717, 1.165) is 0 Å². The highest BCUT2D eigenvalue weighted by Gasteiger charge is 2.59. The van der Waals surface area contributed by atoms with Crippen LogP contribution in [0.3, 0.4) is 0 Å². The van der Waals surface area contributed by atoms with Crippen molar-refractivity contribution in [3.8, 4) is 0 Å². The summed E-state index contributed by atoms with van der Waals surface area (Å²) in [6.45, 7) is 9.89. The third-order valence-electron chi connectivity index (χ3n) is 3.80.